The van der Waals surface area contributed by atoms with Crippen molar-refractivity contribution in [3.8, 4) is 5.88 Å². The normalized spacial score (nSPS) is 16.8. The van der Waals surface area contributed by atoms with Crippen LogP contribution in [0.3, 0.4) is 0 Å². The minimum Gasteiger partial charge on any atom is -0.481 e. The Morgan fingerprint density at radius 1 is 1.50 bits per heavy atom. The zero-order chi connectivity index (χ0) is 15.8. The minimum absolute atomic E-state index is 0.0777. The topological polar surface area (TPSA) is 75.7 Å². The Hall–Kier alpha value is -1.86. The summed E-state index contributed by atoms with van der Waals surface area (Å²) in [5, 5.41) is 5.77. The fraction of sp³-hybridized carbons (Fsp3) is 0.600. The van der Waals surface area contributed by atoms with Crippen LogP contribution in [0.4, 0.5) is 4.79 Å². The average Bonchev–Trinajstić information content (AvgIpc) is 2.54. The molecular formula is C15H24N4O3. The second kappa shape index (κ2) is 8.55. The first kappa shape index (κ1) is 16.5. The van der Waals surface area contributed by atoms with Gasteiger partial charge in [-0.15, -0.1) is 0 Å². The Labute approximate surface area is 131 Å². The van der Waals surface area contributed by atoms with Crippen molar-refractivity contribution in [2.24, 2.45) is 0 Å². The summed E-state index contributed by atoms with van der Waals surface area (Å²) in [5.74, 6) is 0.532. The number of aromatic nitrogens is 1. The van der Waals surface area contributed by atoms with Gasteiger partial charge in [0.2, 0.25) is 5.88 Å². The summed E-state index contributed by atoms with van der Waals surface area (Å²) in [5.41, 5.74) is 0.848. The number of urea groups is 1. The second-order valence-corrected chi connectivity index (χ2v) is 5.31. The molecule has 2 heterocycles. The number of hydrogen-bond acceptors (Lipinski definition) is 5. The molecule has 1 aliphatic rings. The van der Waals surface area contributed by atoms with Crippen molar-refractivity contribution in [1.29, 1.82) is 0 Å². The maximum Gasteiger partial charge on any atom is 0.315 e. The summed E-state index contributed by atoms with van der Waals surface area (Å²) in [7, 11) is 1.57. The maximum absolute atomic E-state index is 11.9. The molecule has 122 valence electrons. The first-order valence-electron chi connectivity index (χ1n) is 7.51. The molecule has 0 spiro atoms. The number of ether oxygens (including phenoxy) is 2. The largest absolute Gasteiger partial charge is 0.481 e. The van der Waals surface area contributed by atoms with Crippen LogP contribution in [-0.2, 0) is 11.3 Å². The summed E-state index contributed by atoms with van der Waals surface area (Å²) in [6.07, 6.45) is 1.66. The van der Waals surface area contributed by atoms with E-state index in [-0.39, 0.29) is 12.1 Å². The summed E-state index contributed by atoms with van der Waals surface area (Å²) >= 11 is 0. The molecule has 1 saturated heterocycles. The average molecular weight is 308 g/mol. The highest BCUT2D eigenvalue weighted by Crippen LogP contribution is 2.12. The third-order valence-corrected chi connectivity index (χ3v) is 3.50. The number of methoxy groups -OCH3 is 1. The molecular weight excluding hydrogens is 284 g/mol. The molecule has 0 unspecified atom stereocenters. The first-order chi connectivity index (χ1) is 10.7. The molecule has 2 rings (SSSR count). The van der Waals surface area contributed by atoms with Gasteiger partial charge in [0.1, 0.15) is 0 Å². The van der Waals surface area contributed by atoms with Crippen LogP contribution < -0.4 is 15.4 Å². The minimum atomic E-state index is -0.188. The van der Waals surface area contributed by atoms with Gasteiger partial charge in [-0.25, -0.2) is 9.78 Å². The molecule has 0 radical (unpaired) electrons. The van der Waals surface area contributed by atoms with Crippen LogP contribution in [0.1, 0.15) is 12.5 Å². The molecule has 7 nitrogen and oxygen atoms in total. The van der Waals surface area contributed by atoms with E-state index in [1.54, 1.807) is 13.3 Å². The van der Waals surface area contributed by atoms with E-state index in [4.69, 9.17) is 9.47 Å². The molecule has 0 saturated carbocycles. The van der Waals surface area contributed by atoms with E-state index in [2.05, 4.69) is 20.5 Å². The standard InChI is InChI=1S/C15H24N4O3/c1-12(11-19-6-8-22-9-7-19)18-15(20)17-10-13-4-3-5-16-14(13)21-2/h3-5,12H,6-11H2,1-2H3,(H2,17,18,20)/t12-/m0/s1. The molecule has 1 aromatic heterocycles. The van der Waals surface area contributed by atoms with Crippen molar-refractivity contribution >= 4 is 6.03 Å². The van der Waals surface area contributed by atoms with Crippen LogP contribution in [0.2, 0.25) is 0 Å². The molecule has 2 amide bonds. The SMILES string of the molecule is COc1ncccc1CNC(=O)N[C@@H](C)CN1CCOCC1. The number of amides is 2. The molecule has 0 aromatic carbocycles. The van der Waals surface area contributed by atoms with Crippen LogP contribution >= 0.6 is 0 Å². The fourth-order valence-corrected chi connectivity index (χ4v) is 2.41. The highest BCUT2D eigenvalue weighted by Gasteiger charge is 2.15. The number of carbonyl (C=O) groups is 1. The van der Waals surface area contributed by atoms with Crippen molar-refractivity contribution in [2.75, 3.05) is 40.0 Å². The van der Waals surface area contributed by atoms with Gasteiger partial charge in [0.05, 0.1) is 20.3 Å². The highest BCUT2D eigenvalue weighted by atomic mass is 16.5. The van der Waals surface area contributed by atoms with Crippen LogP contribution in [-0.4, -0.2) is 61.9 Å². The number of rotatable bonds is 6. The van der Waals surface area contributed by atoms with Crippen LogP contribution in [0.5, 0.6) is 5.88 Å². The van der Waals surface area contributed by atoms with Crippen LogP contribution in [0, 0.1) is 0 Å². The quantitative estimate of drug-likeness (QED) is 0.805. The van der Waals surface area contributed by atoms with Crippen LogP contribution in [0.25, 0.3) is 0 Å². The zero-order valence-corrected chi connectivity index (χ0v) is 13.2. The smallest absolute Gasteiger partial charge is 0.315 e. The number of nitrogens with zero attached hydrogens (tertiary/aromatic N) is 2. The highest BCUT2D eigenvalue weighted by molar-refractivity contribution is 5.74. The van der Waals surface area contributed by atoms with E-state index in [1.807, 2.05) is 19.1 Å². The lowest BCUT2D eigenvalue weighted by Gasteiger charge is -2.29. The molecule has 1 atom stereocenters. The van der Waals surface area contributed by atoms with Crippen molar-refractivity contribution in [3.63, 3.8) is 0 Å². The van der Waals surface area contributed by atoms with E-state index in [0.29, 0.717) is 12.4 Å². The molecule has 1 fully saturated rings. The number of hydrogen-bond donors (Lipinski definition) is 2. The summed E-state index contributed by atoms with van der Waals surface area (Å²) in [6, 6.07) is 3.59. The summed E-state index contributed by atoms with van der Waals surface area (Å²) in [6.45, 7) is 6.57. The Bertz CT molecular complexity index is 478. The predicted molar refractivity (Wildman–Crippen MR) is 82.9 cm³/mol. The van der Waals surface area contributed by atoms with Gasteiger partial charge in [-0.1, -0.05) is 6.07 Å². The molecule has 2 N–H and O–H groups in total. The van der Waals surface area contributed by atoms with Crippen molar-refractivity contribution in [2.45, 2.75) is 19.5 Å². The number of nitrogens with one attached hydrogen (secondary N) is 2. The number of carbonyl (C=O) groups excluding carboxylic acids is 1. The van der Waals surface area contributed by atoms with Gasteiger partial charge in [-0.2, -0.15) is 0 Å². The first-order valence-corrected chi connectivity index (χ1v) is 7.51. The van der Waals surface area contributed by atoms with E-state index in [0.717, 1.165) is 38.4 Å². The van der Waals surface area contributed by atoms with Gasteiger partial charge in [0.15, 0.2) is 0 Å². The zero-order valence-electron chi connectivity index (χ0n) is 13.2. The van der Waals surface area contributed by atoms with Crippen molar-refractivity contribution in [3.05, 3.63) is 23.9 Å². The van der Waals surface area contributed by atoms with E-state index in [9.17, 15) is 4.79 Å². The lowest BCUT2D eigenvalue weighted by Crippen LogP contribution is -2.48. The molecule has 0 aliphatic carbocycles. The Morgan fingerprint density at radius 3 is 3.00 bits per heavy atom. The van der Waals surface area contributed by atoms with Crippen molar-refractivity contribution < 1.29 is 14.3 Å². The van der Waals surface area contributed by atoms with Gasteiger partial charge < -0.3 is 20.1 Å². The Balaban J connectivity index is 1.72. The molecule has 0 bridgehead atoms. The van der Waals surface area contributed by atoms with Gasteiger partial charge in [0, 0.05) is 44.0 Å². The molecule has 7 heteroatoms. The van der Waals surface area contributed by atoms with E-state index >= 15 is 0 Å². The van der Waals surface area contributed by atoms with Crippen LogP contribution in [0.15, 0.2) is 18.3 Å². The lowest BCUT2D eigenvalue weighted by molar-refractivity contribution is 0.0349. The third kappa shape index (κ3) is 5.16. The fourth-order valence-electron chi connectivity index (χ4n) is 2.41. The summed E-state index contributed by atoms with van der Waals surface area (Å²) in [4.78, 5) is 18.3. The summed E-state index contributed by atoms with van der Waals surface area (Å²) < 4.78 is 10.5. The third-order valence-electron chi connectivity index (χ3n) is 3.50. The van der Waals surface area contributed by atoms with Gasteiger partial charge >= 0.3 is 6.03 Å². The van der Waals surface area contributed by atoms with Gasteiger partial charge in [-0.05, 0) is 13.0 Å². The van der Waals surface area contributed by atoms with Crippen molar-refractivity contribution in [1.82, 2.24) is 20.5 Å². The Morgan fingerprint density at radius 2 is 2.27 bits per heavy atom. The maximum atomic E-state index is 11.9. The van der Waals surface area contributed by atoms with Gasteiger partial charge in [-0.3, -0.25) is 4.90 Å². The predicted octanol–water partition coefficient (Wildman–Crippen LogP) is 0.610. The number of morpholine rings is 1. The van der Waals surface area contributed by atoms with E-state index < -0.39 is 0 Å². The monoisotopic (exact) mass is 308 g/mol. The molecule has 22 heavy (non-hydrogen) atoms. The Kier molecular flexibility index (Phi) is 6.42. The number of pyridine rings is 1. The second-order valence-electron chi connectivity index (χ2n) is 5.31. The molecule has 1 aromatic rings. The lowest BCUT2D eigenvalue weighted by atomic mass is 10.2. The molecule has 1 aliphatic heterocycles. The van der Waals surface area contributed by atoms with Gasteiger partial charge in [0.25, 0.3) is 0 Å². The van der Waals surface area contributed by atoms with E-state index in [1.165, 1.54) is 0 Å².